The van der Waals surface area contributed by atoms with E-state index in [0.29, 0.717) is 37.3 Å². The highest BCUT2D eigenvalue weighted by molar-refractivity contribution is 8.93. The number of nitro groups is 1. The van der Waals surface area contributed by atoms with Crippen molar-refractivity contribution >= 4 is 43.7 Å². The van der Waals surface area contributed by atoms with Gasteiger partial charge in [-0.15, -0.1) is 17.0 Å². The maximum atomic E-state index is 11.7. The number of halogens is 1. The van der Waals surface area contributed by atoms with Gasteiger partial charge in [-0.05, 0) is 37.4 Å². The van der Waals surface area contributed by atoms with E-state index in [2.05, 4.69) is 19.6 Å². The SMILES string of the molecule is Br.CS(=O)(=O)NCC1CCN(Cc2cc([N+](=O)[O-])cc3[nH]c(=O)c(=O)[nH]c23)CC1. The molecule has 13 heteroatoms. The maximum absolute atomic E-state index is 11.7. The summed E-state index contributed by atoms with van der Waals surface area (Å²) < 4.78 is 24.9. The van der Waals surface area contributed by atoms with Crippen LogP contribution >= 0.6 is 17.0 Å². The number of nitrogens with zero attached hydrogens (tertiary/aromatic N) is 2. The number of hydrogen-bond acceptors (Lipinski definition) is 7. The molecule has 2 heterocycles. The van der Waals surface area contributed by atoms with Gasteiger partial charge in [0.05, 0.1) is 22.2 Å². The Balaban J connectivity index is 0.00000300. The first kappa shape index (κ1) is 23.2. The average Bonchev–Trinajstić information content (AvgIpc) is 2.61. The zero-order valence-electron chi connectivity index (χ0n) is 15.6. The molecule has 3 N–H and O–H groups in total. The number of nitrogens with one attached hydrogen (secondary N) is 3. The molecule has 0 atom stereocenters. The molecule has 160 valence electrons. The molecule has 0 saturated carbocycles. The minimum atomic E-state index is -3.22. The van der Waals surface area contributed by atoms with Crippen LogP contribution in [-0.2, 0) is 16.6 Å². The Morgan fingerprint density at radius 3 is 2.41 bits per heavy atom. The van der Waals surface area contributed by atoms with E-state index < -0.39 is 26.1 Å². The van der Waals surface area contributed by atoms with Crippen LogP contribution in [0.5, 0.6) is 0 Å². The van der Waals surface area contributed by atoms with E-state index in [9.17, 15) is 28.1 Å². The predicted octanol–water partition coefficient (Wildman–Crippen LogP) is 0.464. The number of piperidine rings is 1. The van der Waals surface area contributed by atoms with Crippen LogP contribution < -0.4 is 15.8 Å². The zero-order chi connectivity index (χ0) is 20.5. The molecule has 1 aromatic carbocycles. The van der Waals surface area contributed by atoms with Gasteiger partial charge in [-0.2, -0.15) is 0 Å². The highest BCUT2D eigenvalue weighted by Gasteiger charge is 2.22. The number of likely N-dealkylation sites (tertiary alicyclic amines) is 1. The second-order valence-corrected chi connectivity index (χ2v) is 8.87. The van der Waals surface area contributed by atoms with E-state index in [1.165, 1.54) is 12.1 Å². The molecule has 1 aliphatic rings. The quantitative estimate of drug-likeness (QED) is 0.300. The molecule has 3 rings (SSSR count). The third-order valence-corrected chi connectivity index (χ3v) is 5.53. The van der Waals surface area contributed by atoms with E-state index >= 15 is 0 Å². The van der Waals surface area contributed by atoms with Gasteiger partial charge in [0.15, 0.2) is 0 Å². The number of H-pyrrole nitrogens is 2. The monoisotopic (exact) mass is 491 g/mol. The van der Waals surface area contributed by atoms with E-state index in [4.69, 9.17) is 0 Å². The lowest BCUT2D eigenvalue weighted by molar-refractivity contribution is -0.384. The normalized spacial score (nSPS) is 15.9. The van der Waals surface area contributed by atoms with Crippen molar-refractivity contribution in [1.29, 1.82) is 0 Å². The van der Waals surface area contributed by atoms with Crippen molar-refractivity contribution < 1.29 is 13.3 Å². The van der Waals surface area contributed by atoms with Crippen molar-refractivity contribution in [3.8, 4) is 0 Å². The summed E-state index contributed by atoms with van der Waals surface area (Å²) in [6.07, 6.45) is 2.69. The number of rotatable bonds is 6. The molecule has 0 bridgehead atoms. The number of aromatic nitrogens is 2. The smallest absolute Gasteiger partial charge is 0.314 e. The highest BCUT2D eigenvalue weighted by Crippen LogP contribution is 2.25. The van der Waals surface area contributed by atoms with Crippen molar-refractivity contribution in [1.82, 2.24) is 19.6 Å². The Kier molecular flexibility index (Phi) is 7.32. The molecule has 2 aromatic rings. The number of hydrogen-bond donors (Lipinski definition) is 3. The summed E-state index contributed by atoms with van der Waals surface area (Å²) >= 11 is 0. The first-order valence-electron chi connectivity index (χ1n) is 8.73. The van der Waals surface area contributed by atoms with Crippen molar-refractivity contribution in [2.75, 3.05) is 25.9 Å². The Bertz CT molecular complexity index is 1120. The molecule has 29 heavy (non-hydrogen) atoms. The van der Waals surface area contributed by atoms with Crippen LogP contribution in [0.15, 0.2) is 21.7 Å². The van der Waals surface area contributed by atoms with Gasteiger partial charge in [0.2, 0.25) is 10.0 Å². The first-order chi connectivity index (χ1) is 13.1. The lowest BCUT2D eigenvalue weighted by Crippen LogP contribution is -2.38. The van der Waals surface area contributed by atoms with Gasteiger partial charge in [0.1, 0.15) is 0 Å². The lowest BCUT2D eigenvalue weighted by atomic mass is 9.96. The van der Waals surface area contributed by atoms with E-state index in [0.717, 1.165) is 19.1 Å². The second kappa shape index (κ2) is 9.15. The number of sulfonamides is 1. The fourth-order valence-electron chi connectivity index (χ4n) is 3.37. The van der Waals surface area contributed by atoms with Crippen LogP contribution in [0, 0.1) is 16.0 Å². The summed E-state index contributed by atoms with van der Waals surface area (Å²) in [5, 5.41) is 11.2. The van der Waals surface area contributed by atoms with Crippen molar-refractivity contribution in [3.05, 3.63) is 48.5 Å². The minimum Gasteiger partial charge on any atom is -0.316 e. The Morgan fingerprint density at radius 1 is 1.21 bits per heavy atom. The van der Waals surface area contributed by atoms with Crippen molar-refractivity contribution in [2.45, 2.75) is 19.4 Å². The topological polar surface area (TPSA) is 158 Å². The summed E-state index contributed by atoms with van der Waals surface area (Å²) in [6, 6.07) is 2.62. The van der Waals surface area contributed by atoms with Crippen LogP contribution in [0.2, 0.25) is 0 Å². The number of benzene rings is 1. The Morgan fingerprint density at radius 2 is 1.83 bits per heavy atom. The molecule has 1 saturated heterocycles. The lowest BCUT2D eigenvalue weighted by Gasteiger charge is -2.32. The summed E-state index contributed by atoms with van der Waals surface area (Å²) in [5.74, 6) is 0.226. The molecule has 0 spiro atoms. The molecule has 1 aliphatic heterocycles. The van der Waals surface area contributed by atoms with Gasteiger partial charge in [0.25, 0.3) is 5.69 Å². The minimum absolute atomic E-state index is 0. The first-order valence-corrected chi connectivity index (χ1v) is 10.6. The average molecular weight is 492 g/mol. The predicted molar refractivity (Wildman–Crippen MR) is 113 cm³/mol. The highest BCUT2D eigenvalue weighted by atomic mass is 79.9. The molecule has 0 unspecified atom stereocenters. The zero-order valence-corrected chi connectivity index (χ0v) is 18.2. The summed E-state index contributed by atoms with van der Waals surface area (Å²) in [7, 11) is -3.22. The fourth-order valence-corrected chi connectivity index (χ4v) is 3.91. The van der Waals surface area contributed by atoms with E-state index in [1.54, 1.807) is 0 Å². The number of non-ortho nitro benzene ring substituents is 1. The summed E-state index contributed by atoms with van der Waals surface area (Å²) in [5.41, 5.74) is -0.717. The molecule has 0 aliphatic carbocycles. The van der Waals surface area contributed by atoms with E-state index in [-0.39, 0.29) is 34.1 Å². The number of aromatic amines is 2. The molecular formula is C16H22BrN5O6S. The molecular weight excluding hydrogens is 470 g/mol. The molecule has 0 radical (unpaired) electrons. The van der Waals surface area contributed by atoms with Crippen LogP contribution in [0.1, 0.15) is 18.4 Å². The fraction of sp³-hybridized carbons (Fsp3) is 0.500. The standard InChI is InChI=1S/C16H21N5O6S.BrH/c1-28(26,27)17-8-10-2-4-20(5-3-10)9-11-6-12(21(24)25)7-13-14(11)19-16(23)15(22)18-13;/h6-7,10,17H,2-5,8-9H2,1H3,(H,18,22)(H,19,23);1H. The molecule has 1 aromatic heterocycles. The van der Waals surface area contributed by atoms with Gasteiger partial charge >= 0.3 is 11.1 Å². The van der Waals surface area contributed by atoms with Gasteiger partial charge < -0.3 is 9.97 Å². The number of nitro benzene ring substituents is 1. The molecule has 1 fully saturated rings. The van der Waals surface area contributed by atoms with Crippen LogP contribution in [0.25, 0.3) is 11.0 Å². The van der Waals surface area contributed by atoms with Crippen molar-refractivity contribution in [3.63, 3.8) is 0 Å². The molecule has 11 nitrogen and oxygen atoms in total. The maximum Gasteiger partial charge on any atom is 0.314 e. The van der Waals surface area contributed by atoms with Crippen LogP contribution in [0.4, 0.5) is 5.69 Å². The third-order valence-electron chi connectivity index (χ3n) is 4.84. The van der Waals surface area contributed by atoms with Gasteiger partial charge in [0, 0.05) is 25.2 Å². The van der Waals surface area contributed by atoms with Crippen LogP contribution in [0.3, 0.4) is 0 Å². The van der Waals surface area contributed by atoms with Crippen molar-refractivity contribution in [2.24, 2.45) is 5.92 Å². The second-order valence-electron chi connectivity index (χ2n) is 7.03. The molecule has 0 amide bonds. The van der Waals surface area contributed by atoms with Gasteiger partial charge in [-0.3, -0.25) is 24.6 Å². The Labute approximate surface area is 176 Å². The van der Waals surface area contributed by atoms with Crippen LogP contribution in [-0.4, -0.2) is 54.1 Å². The number of fused-ring (bicyclic) bond motifs is 1. The van der Waals surface area contributed by atoms with Gasteiger partial charge in [-0.1, -0.05) is 0 Å². The Hall–Kier alpha value is -2.09. The largest absolute Gasteiger partial charge is 0.316 e. The summed E-state index contributed by atoms with van der Waals surface area (Å²) in [6.45, 7) is 2.13. The summed E-state index contributed by atoms with van der Waals surface area (Å²) in [4.78, 5) is 40.9. The van der Waals surface area contributed by atoms with Gasteiger partial charge in [-0.25, -0.2) is 13.1 Å². The van der Waals surface area contributed by atoms with E-state index in [1.807, 2.05) is 0 Å². The third kappa shape index (κ3) is 5.95.